The molecule has 2 N–H and O–H groups in total. The molecule has 0 saturated carbocycles. The van der Waals surface area contributed by atoms with Crippen LogP contribution >= 0.6 is 0 Å². The van der Waals surface area contributed by atoms with Gasteiger partial charge in [0.05, 0.1) is 39.0 Å². The van der Waals surface area contributed by atoms with Crippen LogP contribution in [0.15, 0.2) is 42.0 Å². The first kappa shape index (κ1) is 23.4. The number of nitrogens with zero attached hydrogens (tertiary/aromatic N) is 1. The van der Waals surface area contributed by atoms with Crippen LogP contribution in [-0.2, 0) is 14.3 Å². The fourth-order valence-corrected chi connectivity index (χ4v) is 4.44. The van der Waals surface area contributed by atoms with Gasteiger partial charge in [-0.25, -0.2) is 0 Å². The largest absolute Gasteiger partial charge is 0.507 e. The van der Waals surface area contributed by atoms with Crippen molar-refractivity contribution >= 4 is 17.4 Å². The van der Waals surface area contributed by atoms with Gasteiger partial charge in [-0.1, -0.05) is 6.07 Å². The summed E-state index contributed by atoms with van der Waals surface area (Å²) in [6.45, 7) is 0.777. The van der Waals surface area contributed by atoms with Gasteiger partial charge in [0.15, 0.2) is 23.0 Å². The molecule has 9 heteroatoms. The van der Waals surface area contributed by atoms with Gasteiger partial charge in [-0.05, 0) is 48.7 Å². The molecule has 2 aromatic carbocycles. The molecule has 2 unspecified atom stereocenters. The minimum atomic E-state index is -0.922. The van der Waals surface area contributed by atoms with Crippen LogP contribution in [0.4, 0.5) is 0 Å². The third kappa shape index (κ3) is 4.14. The number of rotatable bonds is 7. The van der Waals surface area contributed by atoms with Crippen molar-refractivity contribution in [2.24, 2.45) is 0 Å². The molecule has 4 rings (SSSR count). The number of phenolic OH excluding ortho intramolecular Hbond substituents is 1. The van der Waals surface area contributed by atoms with Gasteiger partial charge in [0.1, 0.15) is 5.76 Å². The normalized spacial score (nSPS) is 21.7. The maximum absolute atomic E-state index is 13.2. The molecule has 2 saturated heterocycles. The molecule has 2 aliphatic heterocycles. The lowest BCUT2D eigenvalue weighted by Gasteiger charge is -2.27. The summed E-state index contributed by atoms with van der Waals surface area (Å²) in [5, 5.41) is 21.6. The molecule has 1 amide bonds. The zero-order valence-corrected chi connectivity index (χ0v) is 19.2. The number of Topliss-reactive ketones (excluding diaryl/α,β-unsaturated/α-hetero) is 1. The Labute approximate surface area is 197 Å². The minimum Gasteiger partial charge on any atom is -0.507 e. The predicted molar refractivity (Wildman–Crippen MR) is 122 cm³/mol. The Morgan fingerprint density at radius 1 is 1.03 bits per heavy atom. The van der Waals surface area contributed by atoms with E-state index in [0.717, 1.165) is 12.8 Å². The number of methoxy groups -OCH3 is 3. The number of benzene rings is 2. The monoisotopic (exact) mass is 469 g/mol. The molecular weight excluding hydrogens is 442 g/mol. The van der Waals surface area contributed by atoms with Gasteiger partial charge in [0.2, 0.25) is 0 Å². The lowest BCUT2D eigenvalue weighted by Crippen LogP contribution is -2.36. The Hall–Kier alpha value is -3.72. The highest BCUT2D eigenvalue weighted by atomic mass is 16.5. The molecule has 180 valence electrons. The summed E-state index contributed by atoms with van der Waals surface area (Å²) >= 11 is 0. The van der Waals surface area contributed by atoms with Crippen LogP contribution < -0.4 is 14.2 Å². The summed E-state index contributed by atoms with van der Waals surface area (Å²) in [5.74, 6) is -0.986. The number of phenols is 1. The first-order valence-corrected chi connectivity index (χ1v) is 10.9. The number of aliphatic hydroxyl groups excluding tert-OH is 1. The average molecular weight is 469 g/mol. The van der Waals surface area contributed by atoms with E-state index in [0.29, 0.717) is 23.7 Å². The number of amides is 1. The Balaban J connectivity index is 1.85. The summed E-state index contributed by atoms with van der Waals surface area (Å²) in [4.78, 5) is 27.7. The zero-order valence-electron chi connectivity index (χ0n) is 19.2. The molecule has 2 aliphatic rings. The predicted octanol–water partition coefficient (Wildman–Crippen LogP) is 3.02. The number of carbonyl (C=O) groups is 2. The van der Waals surface area contributed by atoms with Gasteiger partial charge in [-0.15, -0.1) is 0 Å². The number of likely N-dealkylation sites (tertiary alicyclic amines) is 1. The van der Waals surface area contributed by atoms with E-state index in [4.69, 9.17) is 18.9 Å². The summed E-state index contributed by atoms with van der Waals surface area (Å²) < 4.78 is 21.4. The van der Waals surface area contributed by atoms with E-state index in [-0.39, 0.29) is 41.0 Å². The molecule has 0 aromatic heterocycles. The van der Waals surface area contributed by atoms with Gasteiger partial charge in [0.25, 0.3) is 11.7 Å². The second-order valence-corrected chi connectivity index (χ2v) is 8.09. The van der Waals surface area contributed by atoms with Crippen LogP contribution in [0.25, 0.3) is 5.76 Å². The summed E-state index contributed by atoms with van der Waals surface area (Å²) in [5.41, 5.74) is 0.660. The number of aromatic hydroxyl groups is 1. The average Bonchev–Trinajstić information content (AvgIpc) is 3.45. The van der Waals surface area contributed by atoms with Crippen LogP contribution in [0.2, 0.25) is 0 Å². The molecule has 2 aromatic rings. The second-order valence-electron chi connectivity index (χ2n) is 8.09. The van der Waals surface area contributed by atoms with Gasteiger partial charge in [-0.2, -0.15) is 0 Å². The highest BCUT2D eigenvalue weighted by molar-refractivity contribution is 6.46. The number of aliphatic hydroxyl groups is 1. The van der Waals surface area contributed by atoms with Crippen molar-refractivity contribution in [1.82, 2.24) is 4.90 Å². The lowest BCUT2D eigenvalue weighted by atomic mass is 9.94. The number of carbonyl (C=O) groups excluding carboxylic acids is 2. The lowest BCUT2D eigenvalue weighted by molar-refractivity contribution is -0.140. The third-order valence-corrected chi connectivity index (χ3v) is 6.14. The number of hydrogen-bond donors (Lipinski definition) is 2. The van der Waals surface area contributed by atoms with Gasteiger partial charge >= 0.3 is 0 Å². The summed E-state index contributed by atoms with van der Waals surface area (Å²) in [6.07, 6.45) is 1.42. The molecule has 0 bridgehead atoms. The van der Waals surface area contributed by atoms with Gasteiger partial charge in [-0.3, -0.25) is 9.59 Å². The van der Waals surface area contributed by atoms with E-state index in [1.807, 2.05) is 0 Å². The Kier molecular flexibility index (Phi) is 6.65. The van der Waals surface area contributed by atoms with E-state index < -0.39 is 17.7 Å². The molecule has 2 heterocycles. The molecule has 34 heavy (non-hydrogen) atoms. The molecule has 9 nitrogen and oxygen atoms in total. The van der Waals surface area contributed by atoms with Crippen LogP contribution in [0.5, 0.6) is 23.0 Å². The van der Waals surface area contributed by atoms with Gasteiger partial charge < -0.3 is 34.1 Å². The van der Waals surface area contributed by atoms with Crippen molar-refractivity contribution < 1.29 is 38.7 Å². The smallest absolute Gasteiger partial charge is 0.295 e. The Bertz CT molecular complexity index is 1140. The maximum Gasteiger partial charge on any atom is 0.295 e. The van der Waals surface area contributed by atoms with Crippen molar-refractivity contribution in [2.75, 3.05) is 34.5 Å². The summed E-state index contributed by atoms with van der Waals surface area (Å²) in [6, 6.07) is 8.42. The van der Waals surface area contributed by atoms with Crippen molar-refractivity contribution in [1.29, 1.82) is 0 Å². The topological polar surface area (TPSA) is 115 Å². The Morgan fingerprint density at radius 3 is 2.35 bits per heavy atom. The first-order chi connectivity index (χ1) is 16.4. The van der Waals surface area contributed by atoms with Crippen molar-refractivity contribution in [3.8, 4) is 23.0 Å². The van der Waals surface area contributed by atoms with Crippen molar-refractivity contribution in [3.63, 3.8) is 0 Å². The van der Waals surface area contributed by atoms with Gasteiger partial charge in [0, 0.05) is 18.7 Å². The number of ether oxygens (including phenoxy) is 4. The minimum absolute atomic E-state index is 0.0835. The maximum atomic E-state index is 13.2. The van der Waals surface area contributed by atoms with E-state index in [1.54, 1.807) is 24.3 Å². The highest BCUT2D eigenvalue weighted by Gasteiger charge is 2.47. The van der Waals surface area contributed by atoms with E-state index in [1.165, 1.54) is 38.4 Å². The molecule has 0 spiro atoms. The quantitative estimate of drug-likeness (QED) is 0.361. The standard InChI is InChI=1S/C25H27NO8/c1-31-18-8-6-14(11-17(18)27)22-21(23(28)15-7-9-19(32-2)20(12-15)33-3)24(29)25(30)26(22)13-16-5-4-10-34-16/h6-9,11-12,16,22,27-28H,4-5,10,13H2,1-3H3/b23-21-. The molecular formula is C25H27NO8. The van der Waals surface area contributed by atoms with Crippen LogP contribution in [-0.4, -0.2) is 67.4 Å². The third-order valence-electron chi connectivity index (χ3n) is 6.14. The van der Waals surface area contributed by atoms with E-state index >= 15 is 0 Å². The zero-order chi connectivity index (χ0) is 24.4. The van der Waals surface area contributed by atoms with E-state index in [2.05, 4.69) is 0 Å². The highest BCUT2D eigenvalue weighted by Crippen LogP contribution is 2.43. The Morgan fingerprint density at radius 2 is 1.74 bits per heavy atom. The molecule has 2 fully saturated rings. The first-order valence-electron chi connectivity index (χ1n) is 10.9. The van der Waals surface area contributed by atoms with Crippen LogP contribution in [0.1, 0.15) is 30.0 Å². The summed E-state index contributed by atoms with van der Waals surface area (Å²) in [7, 11) is 4.38. The van der Waals surface area contributed by atoms with Crippen LogP contribution in [0.3, 0.4) is 0 Å². The van der Waals surface area contributed by atoms with Crippen molar-refractivity contribution in [2.45, 2.75) is 25.0 Å². The SMILES string of the molecule is COc1ccc(C2/C(=C(/O)c3ccc(OC)c(OC)c3)C(=O)C(=O)N2CC2CCCO2)cc1O. The molecule has 2 atom stereocenters. The number of ketones is 1. The van der Waals surface area contributed by atoms with Crippen molar-refractivity contribution in [3.05, 3.63) is 53.1 Å². The molecule has 0 radical (unpaired) electrons. The molecule has 0 aliphatic carbocycles. The second kappa shape index (κ2) is 9.64. The van der Waals surface area contributed by atoms with Crippen LogP contribution in [0, 0.1) is 0 Å². The fourth-order valence-electron chi connectivity index (χ4n) is 4.44. The van der Waals surface area contributed by atoms with E-state index in [9.17, 15) is 19.8 Å². The fraction of sp³-hybridized carbons (Fsp3) is 0.360. The number of hydrogen-bond acceptors (Lipinski definition) is 8.